The van der Waals surface area contributed by atoms with Crippen LogP contribution in [-0.4, -0.2) is 5.91 Å². The van der Waals surface area contributed by atoms with Gasteiger partial charge in [-0.3, -0.25) is 4.79 Å². The van der Waals surface area contributed by atoms with Crippen LogP contribution in [0, 0.1) is 6.92 Å². The van der Waals surface area contributed by atoms with Crippen molar-refractivity contribution in [2.24, 2.45) is 0 Å². The Kier molecular flexibility index (Phi) is 7.81. The monoisotopic (exact) mass is 325 g/mol. The molecule has 0 saturated heterocycles. The molecule has 0 radical (unpaired) electrons. The van der Waals surface area contributed by atoms with Gasteiger partial charge in [0.05, 0.1) is 0 Å². The SMILES string of the molecule is CCCCCCCCCCC(=O)Nc1ccc(C)c2ccccc12. The lowest BCUT2D eigenvalue weighted by Crippen LogP contribution is -2.11. The van der Waals surface area contributed by atoms with E-state index in [2.05, 4.69) is 37.4 Å². The third kappa shape index (κ3) is 5.67. The molecular formula is C22H31NO. The van der Waals surface area contributed by atoms with Crippen LogP contribution in [0.1, 0.15) is 70.3 Å². The van der Waals surface area contributed by atoms with Crippen molar-refractivity contribution < 1.29 is 4.79 Å². The maximum atomic E-state index is 12.2. The maximum absolute atomic E-state index is 12.2. The van der Waals surface area contributed by atoms with E-state index in [1.54, 1.807) is 0 Å². The van der Waals surface area contributed by atoms with Crippen LogP contribution in [0.25, 0.3) is 10.8 Å². The molecule has 2 nitrogen and oxygen atoms in total. The number of aryl methyl sites for hydroxylation is 1. The van der Waals surface area contributed by atoms with Crippen LogP contribution in [0.5, 0.6) is 0 Å². The Morgan fingerprint density at radius 2 is 1.46 bits per heavy atom. The number of anilines is 1. The molecule has 0 saturated carbocycles. The Morgan fingerprint density at radius 3 is 2.17 bits per heavy atom. The second-order valence-corrected chi connectivity index (χ2v) is 6.75. The zero-order valence-corrected chi connectivity index (χ0v) is 15.2. The van der Waals surface area contributed by atoms with Crippen LogP contribution in [0.4, 0.5) is 5.69 Å². The minimum Gasteiger partial charge on any atom is -0.326 e. The average molecular weight is 325 g/mol. The highest BCUT2D eigenvalue weighted by Crippen LogP contribution is 2.26. The van der Waals surface area contributed by atoms with Crippen molar-refractivity contribution in [3.8, 4) is 0 Å². The largest absolute Gasteiger partial charge is 0.326 e. The van der Waals surface area contributed by atoms with E-state index in [0.29, 0.717) is 6.42 Å². The molecule has 0 aromatic heterocycles. The van der Waals surface area contributed by atoms with Crippen molar-refractivity contribution >= 4 is 22.4 Å². The summed E-state index contributed by atoms with van der Waals surface area (Å²) in [5, 5.41) is 5.43. The summed E-state index contributed by atoms with van der Waals surface area (Å²) < 4.78 is 0. The molecule has 0 atom stereocenters. The molecule has 0 aliphatic carbocycles. The number of benzene rings is 2. The van der Waals surface area contributed by atoms with Gasteiger partial charge in [0.15, 0.2) is 0 Å². The fourth-order valence-electron chi connectivity index (χ4n) is 3.19. The predicted octanol–water partition coefficient (Wildman–Crippen LogP) is 6.62. The number of hydrogen-bond donors (Lipinski definition) is 1. The number of carbonyl (C=O) groups excluding carboxylic acids is 1. The van der Waals surface area contributed by atoms with E-state index in [0.717, 1.165) is 23.9 Å². The van der Waals surface area contributed by atoms with Gasteiger partial charge in [-0.1, -0.05) is 82.2 Å². The van der Waals surface area contributed by atoms with Crippen molar-refractivity contribution in [1.29, 1.82) is 0 Å². The summed E-state index contributed by atoms with van der Waals surface area (Å²) >= 11 is 0. The molecule has 1 N–H and O–H groups in total. The van der Waals surface area contributed by atoms with Crippen LogP contribution in [0.2, 0.25) is 0 Å². The number of fused-ring (bicyclic) bond motifs is 1. The van der Waals surface area contributed by atoms with Gasteiger partial charge in [0.1, 0.15) is 0 Å². The van der Waals surface area contributed by atoms with Crippen molar-refractivity contribution in [3.63, 3.8) is 0 Å². The molecule has 2 aromatic carbocycles. The smallest absolute Gasteiger partial charge is 0.224 e. The topological polar surface area (TPSA) is 29.1 Å². The van der Waals surface area contributed by atoms with E-state index in [9.17, 15) is 4.79 Å². The zero-order chi connectivity index (χ0) is 17.2. The van der Waals surface area contributed by atoms with E-state index >= 15 is 0 Å². The predicted molar refractivity (Wildman–Crippen MR) is 105 cm³/mol. The summed E-state index contributed by atoms with van der Waals surface area (Å²) in [6.07, 6.45) is 10.7. The Hall–Kier alpha value is -1.83. The van der Waals surface area contributed by atoms with E-state index in [1.165, 1.54) is 49.5 Å². The van der Waals surface area contributed by atoms with Crippen LogP contribution in [-0.2, 0) is 4.79 Å². The van der Waals surface area contributed by atoms with Gasteiger partial charge < -0.3 is 5.32 Å². The molecule has 0 bridgehead atoms. The molecule has 0 fully saturated rings. The molecule has 2 aromatic rings. The maximum Gasteiger partial charge on any atom is 0.224 e. The van der Waals surface area contributed by atoms with Gasteiger partial charge >= 0.3 is 0 Å². The first-order valence-corrected chi connectivity index (χ1v) is 9.50. The van der Waals surface area contributed by atoms with Crippen LogP contribution in [0.15, 0.2) is 36.4 Å². The van der Waals surface area contributed by atoms with Crippen molar-refractivity contribution in [1.82, 2.24) is 0 Å². The molecule has 2 heteroatoms. The number of rotatable bonds is 10. The van der Waals surface area contributed by atoms with E-state index < -0.39 is 0 Å². The van der Waals surface area contributed by atoms with Crippen molar-refractivity contribution in [2.45, 2.75) is 71.6 Å². The fourth-order valence-corrected chi connectivity index (χ4v) is 3.19. The Labute approximate surface area is 146 Å². The highest BCUT2D eigenvalue weighted by atomic mass is 16.1. The molecule has 0 unspecified atom stereocenters. The van der Waals surface area contributed by atoms with Gasteiger partial charge in [0.25, 0.3) is 0 Å². The second-order valence-electron chi connectivity index (χ2n) is 6.75. The summed E-state index contributed by atoms with van der Waals surface area (Å²) in [5.41, 5.74) is 2.17. The van der Waals surface area contributed by atoms with Crippen LogP contribution >= 0.6 is 0 Å². The molecule has 0 aliphatic heterocycles. The molecular weight excluding hydrogens is 294 g/mol. The standard InChI is InChI=1S/C22H31NO/c1-3-4-5-6-7-8-9-10-15-22(24)23-21-17-16-18(2)19-13-11-12-14-20(19)21/h11-14,16-17H,3-10,15H2,1-2H3,(H,23,24). The second kappa shape index (κ2) is 10.1. The summed E-state index contributed by atoms with van der Waals surface area (Å²) in [5.74, 6) is 0.134. The number of hydrogen-bond acceptors (Lipinski definition) is 1. The summed E-state index contributed by atoms with van der Waals surface area (Å²) in [4.78, 5) is 12.2. The lowest BCUT2D eigenvalue weighted by Gasteiger charge is -2.10. The fraction of sp³-hybridized carbons (Fsp3) is 0.500. The van der Waals surface area contributed by atoms with Crippen LogP contribution < -0.4 is 5.32 Å². The van der Waals surface area contributed by atoms with E-state index in [1.807, 2.05) is 18.2 Å². The third-order valence-corrected chi connectivity index (χ3v) is 4.67. The minimum absolute atomic E-state index is 0.134. The first-order valence-electron chi connectivity index (χ1n) is 9.50. The van der Waals surface area contributed by atoms with Gasteiger partial charge in [-0.2, -0.15) is 0 Å². The molecule has 24 heavy (non-hydrogen) atoms. The summed E-state index contributed by atoms with van der Waals surface area (Å²) in [7, 11) is 0. The van der Waals surface area contributed by atoms with Crippen molar-refractivity contribution in [3.05, 3.63) is 42.0 Å². The molecule has 0 spiro atoms. The van der Waals surface area contributed by atoms with Crippen molar-refractivity contribution in [2.75, 3.05) is 5.32 Å². The highest BCUT2D eigenvalue weighted by molar-refractivity contribution is 6.03. The van der Waals surface area contributed by atoms with Gasteiger partial charge in [0.2, 0.25) is 5.91 Å². The lowest BCUT2D eigenvalue weighted by molar-refractivity contribution is -0.116. The van der Waals surface area contributed by atoms with Gasteiger partial charge in [-0.05, 0) is 30.4 Å². The summed E-state index contributed by atoms with van der Waals surface area (Å²) in [6.45, 7) is 4.35. The average Bonchev–Trinajstić information content (AvgIpc) is 2.60. The lowest BCUT2D eigenvalue weighted by atomic mass is 10.0. The summed E-state index contributed by atoms with van der Waals surface area (Å²) in [6, 6.07) is 12.3. The Bertz CT molecular complexity index is 647. The molecule has 0 heterocycles. The first-order chi connectivity index (χ1) is 11.7. The highest BCUT2D eigenvalue weighted by Gasteiger charge is 2.07. The number of carbonyl (C=O) groups is 1. The number of amides is 1. The molecule has 2 rings (SSSR count). The molecule has 0 aliphatic rings. The number of nitrogens with one attached hydrogen (secondary N) is 1. The van der Waals surface area contributed by atoms with Gasteiger partial charge in [0, 0.05) is 17.5 Å². The normalized spacial score (nSPS) is 10.9. The quantitative estimate of drug-likeness (QED) is 0.489. The Balaban J connectivity index is 1.74. The van der Waals surface area contributed by atoms with Gasteiger partial charge in [-0.15, -0.1) is 0 Å². The van der Waals surface area contributed by atoms with E-state index in [-0.39, 0.29) is 5.91 Å². The third-order valence-electron chi connectivity index (χ3n) is 4.67. The Morgan fingerprint density at radius 1 is 0.833 bits per heavy atom. The van der Waals surface area contributed by atoms with Crippen LogP contribution in [0.3, 0.4) is 0 Å². The zero-order valence-electron chi connectivity index (χ0n) is 15.2. The molecule has 1 amide bonds. The van der Waals surface area contributed by atoms with E-state index in [4.69, 9.17) is 0 Å². The minimum atomic E-state index is 0.134. The molecule has 130 valence electrons. The van der Waals surface area contributed by atoms with Gasteiger partial charge in [-0.25, -0.2) is 0 Å². The first kappa shape index (κ1) is 18.5. The number of unbranched alkanes of at least 4 members (excludes halogenated alkanes) is 7.